The van der Waals surface area contributed by atoms with E-state index in [2.05, 4.69) is 24.3 Å². The number of aromatic carboxylic acids is 1. The number of fused-ring (bicyclic) bond motifs is 1. The highest BCUT2D eigenvalue weighted by atomic mass is 32.2. The Hall–Kier alpha value is -3.18. The number of ether oxygens (including phenoxy) is 1. The molecule has 5 heteroatoms. The van der Waals surface area contributed by atoms with Gasteiger partial charge in [-0.15, -0.1) is 11.8 Å². The Labute approximate surface area is 185 Å². The van der Waals surface area contributed by atoms with E-state index < -0.39 is 5.97 Å². The second-order valence-electron chi connectivity index (χ2n) is 7.83. The molecule has 0 atom stereocenters. The van der Waals surface area contributed by atoms with Crippen molar-refractivity contribution in [2.75, 3.05) is 7.11 Å². The summed E-state index contributed by atoms with van der Waals surface area (Å²) in [5.41, 5.74) is 3.92. The van der Waals surface area contributed by atoms with Crippen LogP contribution in [0.1, 0.15) is 28.9 Å². The molecule has 31 heavy (non-hydrogen) atoms. The Morgan fingerprint density at radius 3 is 2.55 bits per heavy atom. The van der Waals surface area contributed by atoms with E-state index in [0.29, 0.717) is 12.2 Å². The lowest BCUT2D eigenvalue weighted by Gasteiger charge is -2.11. The van der Waals surface area contributed by atoms with Gasteiger partial charge in [0.1, 0.15) is 11.4 Å². The lowest BCUT2D eigenvalue weighted by molar-refractivity contribution is 0.0687. The summed E-state index contributed by atoms with van der Waals surface area (Å²) in [4.78, 5) is 13.7. The molecule has 1 fully saturated rings. The summed E-state index contributed by atoms with van der Waals surface area (Å²) in [5.74, 6) is -0.166. The molecule has 0 unspecified atom stereocenters. The van der Waals surface area contributed by atoms with E-state index in [0.717, 1.165) is 38.6 Å². The fraction of sp³-hybridized carbons (Fsp3) is 0.192. The van der Waals surface area contributed by atoms with Crippen LogP contribution in [0.15, 0.2) is 77.7 Å². The van der Waals surface area contributed by atoms with E-state index in [9.17, 15) is 9.90 Å². The summed E-state index contributed by atoms with van der Waals surface area (Å²) in [7, 11) is 1.64. The van der Waals surface area contributed by atoms with Crippen LogP contribution >= 0.6 is 11.8 Å². The minimum Gasteiger partial charge on any atom is -0.497 e. The van der Waals surface area contributed by atoms with Crippen LogP contribution in [-0.4, -0.2) is 28.0 Å². The predicted molar refractivity (Wildman–Crippen MR) is 125 cm³/mol. The number of methoxy groups -OCH3 is 1. The maximum Gasteiger partial charge on any atom is 0.353 e. The molecule has 0 spiro atoms. The number of aromatic nitrogens is 1. The lowest BCUT2D eigenvalue weighted by Crippen LogP contribution is -2.10. The molecule has 156 valence electrons. The van der Waals surface area contributed by atoms with Gasteiger partial charge in [-0.25, -0.2) is 4.79 Å². The number of benzene rings is 3. The zero-order valence-electron chi connectivity index (χ0n) is 17.2. The van der Waals surface area contributed by atoms with Crippen LogP contribution in [0.5, 0.6) is 5.75 Å². The fourth-order valence-electron chi connectivity index (χ4n) is 4.01. The summed E-state index contributed by atoms with van der Waals surface area (Å²) in [6, 6.07) is 24.0. The van der Waals surface area contributed by atoms with Crippen molar-refractivity contribution < 1.29 is 14.6 Å². The second-order valence-corrected chi connectivity index (χ2v) is 9.20. The van der Waals surface area contributed by atoms with Crippen LogP contribution in [0.4, 0.5) is 0 Å². The third-order valence-corrected chi connectivity index (χ3v) is 6.97. The van der Waals surface area contributed by atoms with Gasteiger partial charge >= 0.3 is 5.97 Å². The van der Waals surface area contributed by atoms with Gasteiger partial charge in [-0.2, -0.15) is 0 Å². The molecular formula is C26H23NO3S. The first-order valence-electron chi connectivity index (χ1n) is 10.4. The molecule has 3 aromatic carbocycles. The molecule has 4 aromatic rings. The Morgan fingerprint density at radius 1 is 1.06 bits per heavy atom. The predicted octanol–water partition coefficient (Wildman–Crippen LogP) is 6.32. The molecule has 0 bridgehead atoms. The molecule has 1 aliphatic rings. The molecule has 0 saturated heterocycles. The lowest BCUT2D eigenvalue weighted by atomic mass is 10.0. The molecule has 0 radical (unpaired) electrons. The van der Waals surface area contributed by atoms with Crippen molar-refractivity contribution in [3.8, 4) is 16.9 Å². The van der Waals surface area contributed by atoms with Crippen molar-refractivity contribution in [1.29, 1.82) is 0 Å². The second kappa shape index (κ2) is 8.16. The smallest absolute Gasteiger partial charge is 0.353 e. The van der Waals surface area contributed by atoms with Gasteiger partial charge in [0.15, 0.2) is 0 Å². The van der Waals surface area contributed by atoms with Gasteiger partial charge in [-0.1, -0.05) is 42.5 Å². The van der Waals surface area contributed by atoms with Crippen LogP contribution in [0.3, 0.4) is 0 Å². The van der Waals surface area contributed by atoms with Crippen LogP contribution in [-0.2, 0) is 6.54 Å². The highest BCUT2D eigenvalue weighted by Crippen LogP contribution is 2.41. The van der Waals surface area contributed by atoms with E-state index in [1.54, 1.807) is 7.11 Å². The van der Waals surface area contributed by atoms with Crippen molar-refractivity contribution in [3.05, 3.63) is 84.1 Å². The highest BCUT2D eigenvalue weighted by Gasteiger charge is 2.25. The SMILES string of the molecule is COc1cccc(Cn2c(C(=O)O)c(-c3ccc(SC4CC4)cc3)c3ccccc32)c1. The van der Waals surface area contributed by atoms with E-state index in [-0.39, 0.29) is 0 Å². The van der Waals surface area contributed by atoms with Gasteiger partial charge in [-0.05, 0) is 54.3 Å². The zero-order valence-corrected chi connectivity index (χ0v) is 18.1. The molecule has 1 saturated carbocycles. The van der Waals surface area contributed by atoms with E-state index in [1.165, 1.54) is 17.7 Å². The number of carboxylic acid groups (broad SMARTS) is 1. The Kier molecular flexibility index (Phi) is 5.20. The van der Waals surface area contributed by atoms with Crippen LogP contribution in [0, 0.1) is 0 Å². The van der Waals surface area contributed by atoms with Crippen molar-refractivity contribution in [1.82, 2.24) is 4.57 Å². The van der Waals surface area contributed by atoms with Crippen molar-refractivity contribution in [3.63, 3.8) is 0 Å². The number of thioether (sulfide) groups is 1. The number of nitrogens with zero attached hydrogens (tertiary/aromatic N) is 1. The molecular weight excluding hydrogens is 406 g/mol. The number of hydrogen-bond donors (Lipinski definition) is 1. The molecule has 5 rings (SSSR count). The molecule has 1 heterocycles. The maximum absolute atomic E-state index is 12.5. The first-order valence-corrected chi connectivity index (χ1v) is 11.3. The van der Waals surface area contributed by atoms with Crippen LogP contribution in [0.25, 0.3) is 22.0 Å². The minimum absolute atomic E-state index is 0.312. The zero-order chi connectivity index (χ0) is 21.4. The molecule has 1 aromatic heterocycles. The summed E-state index contributed by atoms with van der Waals surface area (Å²) >= 11 is 1.90. The number of hydrogen-bond acceptors (Lipinski definition) is 3. The van der Waals surface area contributed by atoms with Crippen LogP contribution < -0.4 is 4.74 Å². The minimum atomic E-state index is -0.925. The number of para-hydroxylation sites is 1. The summed E-state index contributed by atoms with van der Waals surface area (Å²) in [6.45, 7) is 0.453. The monoisotopic (exact) mass is 429 g/mol. The summed E-state index contributed by atoms with van der Waals surface area (Å²) in [5, 5.41) is 11.9. The van der Waals surface area contributed by atoms with E-state index in [1.807, 2.05) is 64.9 Å². The number of carboxylic acids is 1. The quantitative estimate of drug-likeness (QED) is 0.374. The van der Waals surface area contributed by atoms with Gasteiger partial charge in [-0.3, -0.25) is 0 Å². The number of rotatable bonds is 7. The van der Waals surface area contributed by atoms with E-state index >= 15 is 0 Å². The standard InChI is InChI=1S/C26H23NO3S/c1-30-19-6-4-5-17(15-19)16-27-23-8-3-2-7-22(23)24(25(27)26(28)29)18-9-11-20(12-10-18)31-21-13-14-21/h2-12,15,21H,13-14,16H2,1H3,(H,28,29). The third-order valence-electron chi connectivity index (χ3n) is 5.62. The molecule has 4 nitrogen and oxygen atoms in total. The van der Waals surface area contributed by atoms with Gasteiger partial charge < -0.3 is 14.4 Å². The molecule has 0 amide bonds. The van der Waals surface area contributed by atoms with Crippen LogP contribution in [0.2, 0.25) is 0 Å². The van der Waals surface area contributed by atoms with E-state index in [4.69, 9.17) is 4.74 Å². The van der Waals surface area contributed by atoms with Gasteiger partial charge in [0.2, 0.25) is 0 Å². The average molecular weight is 430 g/mol. The molecule has 1 aliphatic carbocycles. The summed E-state index contributed by atoms with van der Waals surface area (Å²) in [6.07, 6.45) is 2.57. The van der Waals surface area contributed by atoms with Crippen molar-refractivity contribution >= 4 is 28.6 Å². The first-order chi connectivity index (χ1) is 15.1. The Morgan fingerprint density at radius 2 is 1.84 bits per heavy atom. The maximum atomic E-state index is 12.5. The highest BCUT2D eigenvalue weighted by molar-refractivity contribution is 8.00. The largest absolute Gasteiger partial charge is 0.497 e. The summed E-state index contributed by atoms with van der Waals surface area (Å²) < 4.78 is 7.25. The Bertz CT molecular complexity index is 1260. The topological polar surface area (TPSA) is 51.5 Å². The molecule has 0 aliphatic heterocycles. The van der Waals surface area contributed by atoms with Gasteiger partial charge in [0.05, 0.1) is 7.11 Å². The third kappa shape index (κ3) is 3.93. The number of carbonyl (C=O) groups is 1. The van der Waals surface area contributed by atoms with Gasteiger partial charge in [0.25, 0.3) is 0 Å². The van der Waals surface area contributed by atoms with Crippen molar-refractivity contribution in [2.45, 2.75) is 29.5 Å². The first kappa shape index (κ1) is 19.8. The molecule has 1 N–H and O–H groups in total. The van der Waals surface area contributed by atoms with Crippen molar-refractivity contribution in [2.24, 2.45) is 0 Å². The normalized spacial score (nSPS) is 13.5. The fourth-order valence-corrected chi connectivity index (χ4v) is 5.06. The Balaban J connectivity index is 1.64. The average Bonchev–Trinajstić information content (AvgIpc) is 3.55. The van der Waals surface area contributed by atoms with Gasteiger partial charge in [0, 0.05) is 33.2 Å².